The molecule has 0 saturated heterocycles. The van der Waals surface area contributed by atoms with E-state index in [0.717, 1.165) is 12.0 Å². The lowest BCUT2D eigenvalue weighted by molar-refractivity contribution is 1.18. The van der Waals surface area contributed by atoms with Gasteiger partial charge < -0.3 is 0 Å². The first-order chi connectivity index (χ1) is 7.40. The van der Waals surface area contributed by atoms with Crippen molar-refractivity contribution < 1.29 is 0 Å². The third-order valence-electron chi connectivity index (χ3n) is 2.33. The molecule has 0 aliphatic heterocycles. The Balaban J connectivity index is 2.28. The molecule has 0 radical (unpaired) electrons. The highest BCUT2D eigenvalue weighted by Gasteiger charge is 2.01. The Morgan fingerprint density at radius 1 is 0.867 bits per heavy atom. The number of rotatable bonds is 3. The maximum absolute atomic E-state index is 10.6. The third kappa shape index (κ3) is 2.29. The standard InChI is InChI=1S/C13H11NO/c15-14-13-9-5-4-8-12(13)10-11-6-2-1-3-7-11/h1-9H,10H2. The van der Waals surface area contributed by atoms with Gasteiger partial charge >= 0.3 is 0 Å². The highest BCUT2D eigenvalue weighted by molar-refractivity contribution is 5.47. The van der Waals surface area contributed by atoms with Gasteiger partial charge in [0.15, 0.2) is 0 Å². The van der Waals surface area contributed by atoms with Crippen LogP contribution in [-0.2, 0) is 6.42 Å². The number of benzene rings is 2. The molecule has 2 aromatic rings. The summed E-state index contributed by atoms with van der Waals surface area (Å²) in [5.74, 6) is 0. The summed E-state index contributed by atoms with van der Waals surface area (Å²) in [6.45, 7) is 0. The molecule has 2 nitrogen and oxygen atoms in total. The molecule has 0 unspecified atom stereocenters. The second-order valence-electron chi connectivity index (χ2n) is 3.38. The zero-order chi connectivity index (χ0) is 10.5. The topological polar surface area (TPSA) is 29.4 Å². The van der Waals surface area contributed by atoms with Crippen LogP contribution in [0.25, 0.3) is 0 Å². The van der Waals surface area contributed by atoms with Gasteiger partial charge in [0.25, 0.3) is 0 Å². The van der Waals surface area contributed by atoms with E-state index in [9.17, 15) is 4.91 Å². The molecule has 2 heteroatoms. The lowest BCUT2D eigenvalue weighted by atomic mass is 10.0. The van der Waals surface area contributed by atoms with Gasteiger partial charge in [0.2, 0.25) is 0 Å². The first kappa shape index (κ1) is 9.59. The van der Waals surface area contributed by atoms with Crippen molar-refractivity contribution >= 4 is 5.69 Å². The molecular weight excluding hydrogens is 186 g/mol. The van der Waals surface area contributed by atoms with Crippen molar-refractivity contribution in [1.82, 2.24) is 0 Å². The zero-order valence-electron chi connectivity index (χ0n) is 8.26. The predicted octanol–water partition coefficient (Wildman–Crippen LogP) is 3.68. The molecular formula is C13H11NO. The summed E-state index contributed by atoms with van der Waals surface area (Å²) in [5, 5.41) is 3.02. The van der Waals surface area contributed by atoms with Crippen LogP contribution in [0, 0.1) is 4.91 Å². The van der Waals surface area contributed by atoms with Crippen molar-refractivity contribution in [2.24, 2.45) is 5.18 Å². The smallest absolute Gasteiger partial charge is 0.111 e. The van der Waals surface area contributed by atoms with E-state index in [4.69, 9.17) is 0 Å². The Kier molecular flexibility index (Phi) is 2.88. The highest BCUT2D eigenvalue weighted by atomic mass is 16.3. The van der Waals surface area contributed by atoms with E-state index in [0.29, 0.717) is 5.69 Å². The van der Waals surface area contributed by atoms with Crippen LogP contribution in [0.2, 0.25) is 0 Å². The van der Waals surface area contributed by atoms with E-state index in [1.807, 2.05) is 48.5 Å². The van der Waals surface area contributed by atoms with Crippen LogP contribution >= 0.6 is 0 Å². The first-order valence-electron chi connectivity index (χ1n) is 4.85. The minimum atomic E-state index is 0.529. The zero-order valence-corrected chi connectivity index (χ0v) is 8.26. The Morgan fingerprint density at radius 2 is 1.53 bits per heavy atom. The van der Waals surface area contributed by atoms with Crippen molar-refractivity contribution in [2.45, 2.75) is 6.42 Å². The lowest BCUT2D eigenvalue weighted by Gasteiger charge is -2.02. The number of hydrogen-bond acceptors (Lipinski definition) is 2. The summed E-state index contributed by atoms with van der Waals surface area (Å²) in [4.78, 5) is 10.6. The average molecular weight is 197 g/mol. The minimum Gasteiger partial charge on any atom is -0.145 e. The normalized spacial score (nSPS) is 9.87. The monoisotopic (exact) mass is 197 g/mol. The Labute approximate surface area is 88.5 Å². The molecule has 0 saturated carbocycles. The van der Waals surface area contributed by atoms with Gasteiger partial charge in [-0.3, -0.25) is 0 Å². The van der Waals surface area contributed by atoms with Crippen LogP contribution in [0.15, 0.2) is 59.8 Å². The van der Waals surface area contributed by atoms with Crippen LogP contribution in [0.3, 0.4) is 0 Å². The summed E-state index contributed by atoms with van der Waals surface area (Å²) >= 11 is 0. The Bertz CT molecular complexity index is 451. The SMILES string of the molecule is O=Nc1ccccc1Cc1ccccc1. The van der Waals surface area contributed by atoms with Gasteiger partial charge in [0.05, 0.1) is 0 Å². The fraction of sp³-hybridized carbons (Fsp3) is 0.0769. The van der Waals surface area contributed by atoms with Crippen molar-refractivity contribution in [2.75, 3.05) is 0 Å². The van der Waals surface area contributed by atoms with E-state index in [-0.39, 0.29) is 0 Å². The quantitative estimate of drug-likeness (QED) is 0.690. The van der Waals surface area contributed by atoms with E-state index in [2.05, 4.69) is 5.18 Å². The lowest BCUT2D eigenvalue weighted by Crippen LogP contribution is -1.87. The highest BCUT2D eigenvalue weighted by Crippen LogP contribution is 2.21. The molecule has 0 N–H and O–H groups in total. The summed E-state index contributed by atoms with van der Waals surface area (Å²) in [5.41, 5.74) is 2.69. The maximum atomic E-state index is 10.6. The number of nitrogens with zero attached hydrogens (tertiary/aromatic N) is 1. The van der Waals surface area contributed by atoms with Crippen LogP contribution in [0.4, 0.5) is 5.69 Å². The third-order valence-corrected chi connectivity index (χ3v) is 2.33. The van der Waals surface area contributed by atoms with Crippen molar-refractivity contribution in [3.8, 4) is 0 Å². The fourth-order valence-electron chi connectivity index (χ4n) is 1.57. The van der Waals surface area contributed by atoms with Gasteiger partial charge in [-0.05, 0) is 28.8 Å². The van der Waals surface area contributed by atoms with Gasteiger partial charge in [-0.1, -0.05) is 48.5 Å². The average Bonchev–Trinajstić information content (AvgIpc) is 2.31. The van der Waals surface area contributed by atoms with Crippen LogP contribution in [0.1, 0.15) is 11.1 Å². The molecule has 2 rings (SSSR count). The molecule has 0 amide bonds. The molecule has 15 heavy (non-hydrogen) atoms. The van der Waals surface area contributed by atoms with Crippen LogP contribution in [-0.4, -0.2) is 0 Å². The van der Waals surface area contributed by atoms with E-state index < -0.39 is 0 Å². The van der Waals surface area contributed by atoms with Crippen molar-refractivity contribution in [3.63, 3.8) is 0 Å². The second kappa shape index (κ2) is 4.51. The fourth-order valence-corrected chi connectivity index (χ4v) is 1.57. The van der Waals surface area contributed by atoms with Crippen molar-refractivity contribution in [3.05, 3.63) is 70.6 Å². The summed E-state index contributed by atoms with van der Waals surface area (Å²) in [7, 11) is 0. The molecule has 0 aromatic heterocycles. The van der Waals surface area contributed by atoms with Crippen molar-refractivity contribution in [1.29, 1.82) is 0 Å². The van der Waals surface area contributed by atoms with Gasteiger partial charge in [0.1, 0.15) is 5.69 Å². The Morgan fingerprint density at radius 3 is 2.27 bits per heavy atom. The summed E-state index contributed by atoms with van der Waals surface area (Å²) in [6, 6.07) is 17.5. The van der Waals surface area contributed by atoms with Crippen LogP contribution in [0.5, 0.6) is 0 Å². The van der Waals surface area contributed by atoms with Gasteiger partial charge in [-0.15, -0.1) is 4.91 Å². The molecule has 0 bridgehead atoms. The van der Waals surface area contributed by atoms with E-state index in [1.165, 1.54) is 5.56 Å². The molecule has 0 fully saturated rings. The first-order valence-corrected chi connectivity index (χ1v) is 4.85. The molecule has 0 aliphatic carbocycles. The molecule has 0 heterocycles. The van der Waals surface area contributed by atoms with Gasteiger partial charge in [-0.25, -0.2) is 0 Å². The maximum Gasteiger partial charge on any atom is 0.111 e. The molecule has 0 spiro atoms. The van der Waals surface area contributed by atoms with Gasteiger partial charge in [0, 0.05) is 0 Å². The van der Waals surface area contributed by atoms with E-state index in [1.54, 1.807) is 6.07 Å². The molecule has 0 aliphatic rings. The second-order valence-corrected chi connectivity index (χ2v) is 3.38. The minimum absolute atomic E-state index is 0.529. The number of nitroso groups, excluding NO2 is 1. The summed E-state index contributed by atoms with van der Waals surface area (Å²) in [6.07, 6.45) is 0.753. The number of hydrogen-bond donors (Lipinski definition) is 0. The molecule has 2 aromatic carbocycles. The largest absolute Gasteiger partial charge is 0.145 e. The molecule has 0 atom stereocenters. The van der Waals surface area contributed by atoms with E-state index >= 15 is 0 Å². The summed E-state index contributed by atoms with van der Waals surface area (Å²) < 4.78 is 0. The van der Waals surface area contributed by atoms with Crippen LogP contribution < -0.4 is 0 Å². The predicted molar refractivity (Wildman–Crippen MR) is 61.1 cm³/mol. The Hall–Kier alpha value is -1.96. The van der Waals surface area contributed by atoms with Gasteiger partial charge in [-0.2, -0.15) is 0 Å². The molecule has 74 valence electrons.